The Morgan fingerprint density at radius 3 is 2.94 bits per heavy atom. The Morgan fingerprint density at radius 2 is 2.31 bits per heavy atom. The summed E-state index contributed by atoms with van der Waals surface area (Å²) in [7, 11) is 0. The molecule has 0 fully saturated rings. The van der Waals surface area contributed by atoms with Gasteiger partial charge < -0.3 is 10.2 Å². The maximum Gasteiger partial charge on any atom is 0.181 e. The molecule has 0 unspecified atom stereocenters. The van der Waals surface area contributed by atoms with Gasteiger partial charge in [-0.2, -0.15) is 0 Å². The van der Waals surface area contributed by atoms with Gasteiger partial charge in [-0.1, -0.05) is 0 Å². The zero-order valence-electron chi connectivity index (χ0n) is 8.74. The van der Waals surface area contributed by atoms with E-state index in [0.29, 0.717) is 0 Å². The lowest BCUT2D eigenvalue weighted by molar-refractivity contribution is 0.525. The highest BCUT2D eigenvalue weighted by atomic mass is 79.9. The number of aromatic nitrogens is 1. The molecule has 16 heavy (non-hydrogen) atoms. The van der Waals surface area contributed by atoms with Crippen LogP contribution in [0.5, 0.6) is 0 Å². The number of nitrogen functional groups attached to an aromatic ring is 1. The number of halogens is 1. The summed E-state index contributed by atoms with van der Waals surface area (Å²) in [6.07, 6.45) is 1.48. The van der Waals surface area contributed by atoms with Crippen molar-refractivity contribution in [2.24, 2.45) is 0 Å². The van der Waals surface area contributed by atoms with E-state index in [0.717, 1.165) is 32.3 Å². The minimum absolute atomic E-state index is 0.758. The summed E-state index contributed by atoms with van der Waals surface area (Å²) in [6.45, 7) is 1.92. The summed E-state index contributed by atoms with van der Waals surface area (Å²) in [6, 6.07) is 5.79. The van der Waals surface area contributed by atoms with E-state index in [1.54, 1.807) is 11.8 Å². The molecule has 2 aromatic rings. The molecular weight excluding hydrogens is 288 g/mol. The van der Waals surface area contributed by atoms with E-state index in [4.69, 9.17) is 10.2 Å². The Morgan fingerprint density at radius 1 is 1.50 bits per heavy atom. The van der Waals surface area contributed by atoms with Crippen LogP contribution in [0.4, 0.5) is 5.69 Å². The van der Waals surface area contributed by atoms with Gasteiger partial charge in [0.05, 0.1) is 5.69 Å². The van der Waals surface area contributed by atoms with E-state index in [2.05, 4.69) is 20.9 Å². The summed E-state index contributed by atoms with van der Waals surface area (Å²) < 4.78 is 6.16. The molecule has 84 valence electrons. The van der Waals surface area contributed by atoms with E-state index in [-0.39, 0.29) is 0 Å². The molecule has 0 saturated heterocycles. The molecule has 0 bridgehead atoms. The largest absolute Gasteiger partial charge is 0.448 e. The maximum absolute atomic E-state index is 5.68. The zero-order valence-corrected chi connectivity index (χ0v) is 11.1. The lowest BCUT2D eigenvalue weighted by Crippen LogP contribution is -1.87. The number of nitrogens with zero attached hydrogens (tertiary/aromatic N) is 1. The number of rotatable bonds is 3. The van der Waals surface area contributed by atoms with E-state index >= 15 is 0 Å². The van der Waals surface area contributed by atoms with Crippen LogP contribution in [0.3, 0.4) is 0 Å². The van der Waals surface area contributed by atoms with Crippen molar-refractivity contribution in [2.45, 2.75) is 17.6 Å². The predicted octanol–water partition coefficient (Wildman–Crippen LogP) is 3.62. The number of benzene rings is 1. The second-order valence-electron chi connectivity index (χ2n) is 3.33. The van der Waals surface area contributed by atoms with E-state index in [1.807, 2.05) is 25.1 Å². The summed E-state index contributed by atoms with van der Waals surface area (Å²) >= 11 is 5.19. The first-order valence-corrected chi connectivity index (χ1v) is 6.51. The van der Waals surface area contributed by atoms with E-state index in [1.165, 1.54) is 6.39 Å². The van der Waals surface area contributed by atoms with Gasteiger partial charge in [-0.15, -0.1) is 11.8 Å². The van der Waals surface area contributed by atoms with Crippen LogP contribution in [0, 0.1) is 6.92 Å². The third-order valence-electron chi connectivity index (χ3n) is 2.16. The number of anilines is 1. The number of oxazole rings is 1. The lowest BCUT2D eigenvalue weighted by atomic mass is 10.3. The second kappa shape index (κ2) is 4.93. The van der Waals surface area contributed by atoms with Crippen molar-refractivity contribution < 1.29 is 4.42 Å². The molecular formula is C11H11BrN2OS. The topological polar surface area (TPSA) is 52.0 Å². The minimum atomic E-state index is 0.758. The fourth-order valence-corrected chi connectivity index (χ4v) is 2.92. The molecule has 2 N–H and O–H groups in total. The molecule has 0 amide bonds. The molecule has 0 aliphatic carbocycles. The SMILES string of the molecule is Cc1ocnc1CSc1ccc(N)cc1Br. The number of hydrogen-bond acceptors (Lipinski definition) is 4. The van der Waals surface area contributed by atoms with Crippen molar-refractivity contribution in [3.05, 3.63) is 40.5 Å². The van der Waals surface area contributed by atoms with Crippen molar-refractivity contribution >= 4 is 33.4 Å². The van der Waals surface area contributed by atoms with Crippen LogP contribution < -0.4 is 5.73 Å². The summed E-state index contributed by atoms with van der Waals surface area (Å²) in [4.78, 5) is 5.30. The Balaban J connectivity index is 2.08. The minimum Gasteiger partial charge on any atom is -0.448 e. The smallest absolute Gasteiger partial charge is 0.181 e. The van der Waals surface area contributed by atoms with Crippen molar-refractivity contribution in [1.29, 1.82) is 0 Å². The molecule has 0 aliphatic rings. The highest BCUT2D eigenvalue weighted by molar-refractivity contribution is 9.10. The van der Waals surface area contributed by atoms with Crippen LogP contribution in [-0.4, -0.2) is 4.98 Å². The molecule has 0 aliphatic heterocycles. The van der Waals surface area contributed by atoms with Crippen LogP contribution >= 0.6 is 27.7 Å². The summed E-state index contributed by atoms with van der Waals surface area (Å²) in [5, 5.41) is 0. The van der Waals surface area contributed by atoms with E-state index < -0.39 is 0 Å². The third-order valence-corrected chi connectivity index (χ3v) is 4.17. The third kappa shape index (κ3) is 2.59. The molecule has 3 nitrogen and oxygen atoms in total. The van der Waals surface area contributed by atoms with Gasteiger partial charge in [-0.05, 0) is 41.1 Å². The predicted molar refractivity (Wildman–Crippen MR) is 69.4 cm³/mol. The number of thioether (sulfide) groups is 1. The van der Waals surface area contributed by atoms with Gasteiger partial charge in [-0.3, -0.25) is 0 Å². The van der Waals surface area contributed by atoms with Crippen LogP contribution in [0.2, 0.25) is 0 Å². The number of aryl methyl sites for hydroxylation is 1. The van der Waals surface area contributed by atoms with Gasteiger partial charge in [0.25, 0.3) is 0 Å². The van der Waals surface area contributed by atoms with Crippen LogP contribution in [0.1, 0.15) is 11.5 Å². The van der Waals surface area contributed by atoms with Crippen molar-refractivity contribution in [3.63, 3.8) is 0 Å². The monoisotopic (exact) mass is 298 g/mol. The fraction of sp³-hybridized carbons (Fsp3) is 0.182. The van der Waals surface area contributed by atoms with Crippen molar-refractivity contribution in [3.8, 4) is 0 Å². The number of hydrogen-bond donors (Lipinski definition) is 1. The molecule has 0 radical (unpaired) electrons. The van der Waals surface area contributed by atoms with Gasteiger partial charge in [0, 0.05) is 20.8 Å². The highest BCUT2D eigenvalue weighted by Crippen LogP contribution is 2.31. The average molecular weight is 299 g/mol. The zero-order chi connectivity index (χ0) is 11.5. The first-order valence-electron chi connectivity index (χ1n) is 4.73. The Labute approximate surface area is 107 Å². The van der Waals surface area contributed by atoms with Crippen molar-refractivity contribution in [2.75, 3.05) is 5.73 Å². The first kappa shape index (κ1) is 11.5. The Hall–Kier alpha value is -0.940. The molecule has 1 heterocycles. The summed E-state index contributed by atoms with van der Waals surface area (Å²) in [5.41, 5.74) is 7.41. The van der Waals surface area contributed by atoms with Crippen LogP contribution in [0.15, 0.2) is 38.4 Å². The summed E-state index contributed by atoms with van der Waals surface area (Å²) in [5.74, 6) is 1.67. The second-order valence-corrected chi connectivity index (χ2v) is 5.21. The molecule has 0 saturated carbocycles. The first-order chi connectivity index (χ1) is 7.66. The highest BCUT2D eigenvalue weighted by Gasteiger charge is 2.06. The average Bonchev–Trinajstić information content (AvgIpc) is 2.63. The molecule has 1 aromatic heterocycles. The van der Waals surface area contributed by atoms with Gasteiger partial charge >= 0.3 is 0 Å². The lowest BCUT2D eigenvalue weighted by Gasteiger charge is -2.04. The molecule has 0 spiro atoms. The standard InChI is InChI=1S/C11H11BrN2OS/c1-7-10(14-6-15-7)5-16-11-3-2-8(13)4-9(11)12/h2-4,6H,5,13H2,1H3. The normalized spacial score (nSPS) is 10.6. The van der Waals surface area contributed by atoms with Crippen LogP contribution in [0.25, 0.3) is 0 Å². The van der Waals surface area contributed by atoms with Gasteiger partial charge in [0.2, 0.25) is 0 Å². The van der Waals surface area contributed by atoms with E-state index in [9.17, 15) is 0 Å². The Kier molecular flexibility index (Phi) is 3.56. The van der Waals surface area contributed by atoms with Crippen molar-refractivity contribution in [1.82, 2.24) is 4.98 Å². The van der Waals surface area contributed by atoms with Gasteiger partial charge in [-0.25, -0.2) is 4.98 Å². The molecule has 1 aromatic carbocycles. The number of nitrogens with two attached hydrogens (primary N) is 1. The molecule has 0 atom stereocenters. The quantitative estimate of drug-likeness (QED) is 0.694. The Bertz CT molecular complexity index is 498. The molecule has 5 heteroatoms. The van der Waals surface area contributed by atoms with Gasteiger partial charge in [0.15, 0.2) is 6.39 Å². The molecule has 2 rings (SSSR count). The van der Waals surface area contributed by atoms with Gasteiger partial charge in [0.1, 0.15) is 5.76 Å². The fourth-order valence-electron chi connectivity index (χ4n) is 1.25. The maximum atomic E-state index is 5.68. The van der Waals surface area contributed by atoms with Crippen LogP contribution in [-0.2, 0) is 5.75 Å².